The summed E-state index contributed by atoms with van der Waals surface area (Å²) in [5, 5.41) is 31.6. The Balaban J connectivity index is 3.29. The zero-order chi connectivity index (χ0) is 20.3. The topological polar surface area (TPSA) is 104 Å². The molecule has 1 rings (SSSR count). The number of allylic oxidation sites excluding steroid dienone is 1. The van der Waals surface area contributed by atoms with Gasteiger partial charge in [0.1, 0.15) is 6.10 Å². The van der Waals surface area contributed by atoms with Crippen LogP contribution < -0.4 is 0 Å². The van der Waals surface area contributed by atoms with Crippen molar-refractivity contribution in [3.05, 3.63) is 11.6 Å². The number of hydrogen-bond acceptors (Lipinski definition) is 6. The number of esters is 1. The lowest BCUT2D eigenvalue weighted by atomic mass is 9.81. The van der Waals surface area contributed by atoms with Gasteiger partial charge in [0.05, 0.1) is 24.2 Å². The van der Waals surface area contributed by atoms with Crippen LogP contribution in [0.25, 0.3) is 0 Å². The van der Waals surface area contributed by atoms with E-state index in [1.165, 1.54) is 0 Å². The van der Waals surface area contributed by atoms with Gasteiger partial charge in [0, 0.05) is 23.7 Å². The van der Waals surface area contributed by atoms with Crippen LogP contribution in [0.3, 0.4) is 0 Å². The molecule has 0 saturated carbocycles. The molecule has 0 spiro atoms. The number of ketones is 1. The average molecular weight is 370 g/mol. The number of Topliss-reactive ketones (excluding diaryl/α,β-unsaturated/α-hetero) is 1. The predicted molar refractivity (Wildman–Crippen MR) is 98.2 cm³/mol. The number of aliphatic hydroxyl groups is 3. The van der Waals surface area contributed by atoms with Crippen LogP contribution in [0.5, 0.6) is 0 Å². The van der Waals surface area contributed by atoms with E-state index in [1.807, 2.05) is 0 Å². The molecule has 9 atom stereocenters. The normalized spacial score (nSPS) is 46.1. The molecule has 0 aromatic carbocycles. The van der Waals surface area contributed by atoms with Gasteiger partial charge < -0.3 is 20.1 Å². The van der Waals surface area contributed by atoms with Gasteiger partial charge in [-0.05, 0) is 26.3 Å². The van der Waals surface area contributed by atoms with E-state index in [9.17, 15) is 24.9 Å². The first-order valence-corrected chi connectivity index (χ1v) is 9.37. The van der Waals surface area contributed by atoms with Gasteiger partial charge >= 0.3 is 5.97 Å². The molecule has 0 bridgehead atoms. The van der Waals surface area contributed by atoms with Crippen molar-refractivity contribution in [3.8, 4) is 0 Å². The van der Waals surface area contributed by atoms with E-state index in [0.717, 1.165) is 0 Å². The lowest BCUT2D eigenvalue weighted by Gasteiger charge is -2.33. The fourth-order valence-corrected chi connectivity index (χ4v) is 3.50. The molecule has 1 heterocycles. The third-order valence-corrected chi connectivity index (χ3v) is 5.91. The molecule has 0 unspecified atom stereocenters. The van der Waals surface area contributed by atoms with E-state index >= 15 is 0 Å². The van der Waals surface area contributed by atoms with E-state index in [4.69, 9.17) is 4.74 Å². The molecule has 0 aromatic rings. The minimum atomic E-state index is -1.08. The summed E-state index contributed by atoms with van der Waals surface area (Å²) in [5.74, 6) is -3.68. The number of cyclic esters (lactones) is 1. The summed E-state index contributed by atoms with van der Waals surface area (Å²) in [4.78, 5) is 25.0. The van der Waals surface area contributed by atoms with Crippen molar-refractivity contribution in [2.24, 2.45) is 29.6 Å². The SMILES string of the molecule is C/C1=C\[C@H](C)[C@H](O)[C@@H](C)[C@H](O)[C@@H](C)C(=O)O[C@H](C)[C@H](C)[C@H](O)[C@@H](C)C1=O. The zero-order valence-corrected chi connectivity index (χ0v) is 16.8. The third kappa shape index (κ3) is 4.93. The lowest BCUT2D eigenvalue weighted by molar-refractivity contribution is -0.164. The second-order valence-corrected chi connectivity index (χ2v) is 7.98. The molecular formula is C20H34O6. The fraction of sp³-hybridized carbons (Fsp3) is 0.800. The highest BCUT2D eigenvalue weighted by molar-refractivity contribution is 5.96. The molecule has 1 aliphatic rings. The van der Waals surface area contributed by atoms with Crippen LogP contribution in [-0.4, -0.2) is 51.5 Å². The molecule has 0 fully saturated rings. The molecule has 1 aliphatic heterocycles. The van der Waals surface area contributed by atoms with E-state index in [-0.39, 0.29) is 5.78 Å². The Morgan fingerprint density at radius 1 is 0.808 bits per heavy atom. The second-order valence-electron chi connectivity index (χ2n) is 7.98. The van der Waals surface area contributed by atoms with Gasteiger partial charge in [-0.2, -0.15) is 0 Å². The van der Waals surface area contributed by atoms with E-state index < -0.39 is 60.0 Å². The molecule has 0 saturated heterocycles. The van der Waals surface area contributed by atoms with E-state index in [2.05, 4.69) is 0 Å². The highest BCUT2D eigenvalue weighted by atomic mass is 16.5. The molecule has 6 heteroatoms. The van der Waals surface area contributed by atoms with E-state index in [1.54, 1.807) is 54.5 Å². The van der Waals surface area contributed by atoms with Gasteiger partial charge in [0.2, 0.25) is 0 Å². The van der Waals surface area contributed by atoms with Gasteiger partial charge in [0.15, 0.2) is 5.78 Å². The first-order chi connectivity index (χ1) is 11.9. The average Bonchev–Trinajstić information content (AvgIpc) is 2.61. The summed E-state index contributed by atoms with van der Waals surface area (Å²) < 4.78 is 5.41. The number of ether oxygens (including phenoxy) is 1. The summed E-state index contributed by atoms with van der Waals surface area (Å²) in [6, 6.07) is 0. The first-order valence-electron chi connectivity index (χ1n) is 9.37. The number of rotatable bonds is 0. The number of carbonyl (C=O) groups excluding carboxylic acids is 2. The van der Waals surface area contributed by atoms with Crippen molar-refractivity contribution < 1.29 is 29.6 Å². The van der Waals surface area contributed by atoms with E-state index in [0.29, 0.717) is 5.57 Å². The molecule has 0 radical (unpaired) electrons. The van der Waals surface area contributed by atoms with Gasteiger partial charge in [0.25, 0.3) is 0 Å². The summed E-state index contributed by atoms with van der Waals surface area (Å²) in [6.45, 7) is 11.7. The van der Waals surface area contributed by atoms with Crippen molar-refractivity contribution >= 4 is 11.8 Å². The molecule has 0 aliphatic carbocycles. The monoisotopic (exact) mass is 370 g/mol. The van der Waals surface area contributed by atoms with Crippen molar-refractivity contribution in [1.29, 1.82) is 0 Å². The summed E-state index contributed by atoms with van der Waals surface area (Å²) in [5.41, 5.74) is 0.465. The minimum Gasteiger partial charge on any atom is -0.462 e. The first kappa shape index (κ1) is 22.8. The zero-order valence-electron chi connectivity index (χ0n) is 16.8. The molecule has 6 nitrogen and oxygen atoms in total. The Morgan fingerprint density at radius 2 is 1.31 bits per heavy atom. The quantitative estimate of drug-likeness (QED) is 0.561. The minimum absolute atomic E-state index is 0.208. The molecular weight excluding hydrogens is 336 g/mol. The summed E-state index contributed by atoms with van der Waals surface area (Å²) in [7, 11) is 0. The Kier molecular flexibility index (Phi) is 7.99. The molecule has 150 valence electrons. The number of carbonyl (C=O) groups is 2. The molecule has 26 heavy (non-hydrogen) atoms. The van der Waals surface area contributed by atoms with Crippen LogP contribution in [0.15, 0.2) is 11.6 Å². The Hall–Kier alpha value is -1.24. The Bertz CT molecular complexity index is 542. The van der Waals surface area contributed by atoms with Crippen LogP contribution in [0.2, 0.25) is 0 Å². The maximum absolute atomic E-state index is 12.6. The van der Waals surface area contributed by atoms with Crippen molar-refractivity contribution in [3.63, 3.8) is 0 Å². The fourth-order valence-electron chi connectivity index (χ4n) is 3.50. The maximum Gasteiger partial charge on any atom is 0.311 e. The predicted octanol–water partition coefficient (Wildman–Crippen LogP) is 1.71. The number of hydrogen-bond donors (Lipinski definition) is 3. The van der Waals surface area contributed by atoms with Crippen LogP contribution in [0.4, 0.5) is 0 Å². The van der Waals surface area contributed by atoms with Gasteiger partial charge in [-0.1, -0.05) is 33.8 Å². The highest BCUT2D eigenvalue weighted by Gasteiger charge is 2.37. The van der Waals surface area contributed by atoms with Crippen LogP contribution in [0.1, 0.15) is 48.5 Å². The Labute approximate surface area is 156 Å². The van der Waals surface area contributed by atoms with Crippen molar-refractivity contribution in [2.45, 2.75) is 72.9 Å². The highest BCUT2D eigenvalue weighted by Crippen LogP contribution is 2.27. The Morgan fingerprint density at radius 3 is 1.85 bits per heavy atom. The standard InChI is InChI=1S/C20H34O6/c1-9-8-10(2)17(22)13(5)19(24)14(6)20(25)26-15(7)11(3)18(23)12(4)16(9)21/h8,10-15,17-19,22-24H,1-7H3/b9-8+/t10-,11-,12-,13+,14+,15+,17-,18-,19-/m0/s1. The summed E-state index contributed by atoms with van der Waals surface area (Å²) >= 11 is 0. The van der Waals surface area contributed by atoms with Crippen LogP contribution in [-0.2, 0) is 14.3 Å². The maximum atomic E-state index is 12.6. The van der Waals surface area contributed by atoms with Gasteiger partial charge in [-0.25, -0.2) is 0 Å². The number of aliphatic hydroxyl groups excluding tert-OH is 3. The second kappa shape index (κ2) is 9.11. The molecule has 0 aromatic heterocycles. The van der Waals surface area contributed by atoms with Crippen molar-refractivity contribution in [1.82, 2.24) is 0 Å². The van der Waals surface area contributed by atoms with Crippen LogP contribution in [0, 0.1) is 29.6 Å². The van der Waals surface area contributed by atoms with Gasteiger partial charge in [-0.3, -0.25) is 9.59 Å². The van der Waals surface area contributed by atoms with Crippen LogP contribution >= 0.6 is 0 Å². The third-order valence-electron chi connectivity index (χ3n) is 5.91. The smallest absolute Gasteiger partial charge is 0.311 e. The lowest BCUT2D eigenvalue weighted by Crippen LogP contribution is -2.43. The summed E-state index contributed by atoms with van der Waals surface area (Å²) in [6.07, 6.45) is -1.94. The van der Waals surface area contributed by atoms with Gasteiger partial charge in [-0.15, -0.1) is 0 Å². The molecule has 0 amide bonds. The van der Waals surface area contributed by atoms with Crippen molar-refractivity contribution in [2.75, 3.05) is 0 Å². The largest absolute Gasteiger partial charge is 0.462 e. The molecule has 3 N–H and O–H groups in total.